The van der Waals surface area contributed by atoms with E-state index >= 15 is 0 Å². The first kappa shape index (κ1) is 27.7. The molecule has 172 valence electrons. The van der Waals surface area contributed by atoms with Crippen molar-refractivity contribution in [3.8, 4) is 0 Å². The molecule has 0 rings (SSSR count). The molecule has 0 aliphatic carbocycles. The molecule has 29 heavy (non-hydrogen) atoms. The molecule has 0 aliphatic heterocycles. The van der Waals surface area contributed by atoms with Gasteiger partial charge in [0.25, 0.3) is 0 Å². The van der Waals surface area contributed by atoms with Crippen molar-refractivity contribution >= 4 is 12.1 Å². The zero-order chi connectivity index (χ0) is 22.0. The molecule has 0 unspecified atom stereocenters. The zero-order valence-electron chi connectivity index (χ0n) is 19.8. The highest BCUT2D eigenvalue weighted by Crippen LogP contribution is 2.13. The van der Waals surface area contributed by atoms with E-state index in [1.165, 1.54) is 77.0 Å². The first-order valence-electron chi connectivity index (χ1n) is 11.9. The van der Waals surface area contributed by atoms with Crippen molar-refractivity contribution in [3.63, 3.8) is 0 Å². The standard InChI is InChI=1S/C24H47NO4/c1-6-7-8-9-10-11-12-13-14-15-16-17-18-19-20-28-22(26)21(2)25-23(27)29-24(3,4)5/h21H,6-20H2,1-5H3,(H,25,27)/t21-/m0/s1. The molecule has 1 N–H and O–H groups in total. The lowest BCUT2D eigenvalue weighted by Gasteiger charge is -2.21. The van der Waals surface area contributed by atoms with E-state index in [9.17, 15) is 9.59 Å². The fourth-order valence-corrected chi connectivity index (χ4v) is 3.14. The zero-order valence-corrected chi connectivity index (χ0v) is 19.8. The van der Waals surface area contributed by atoms with Crippen molar-refractivity contribution in [2.45, 2.75) is 136 Å². The number of alkyl carbamates (subject to hydrolysis) is 1. The van der Waals surface area contributed by atoms with Crippen molar-refractivity contribution in [2.75, 3.05) is 6.61 Å². The maximum Gasteiger partial charge on any atom is 0.408 e. The Morgan fingerprint density at radius 1 is 0.759 bits per heavy atom. The number of ether oxygens (including phenoxy) is 2. The highest BCUT2D eigenvalue weighted by Gasteiger charge is 2.21. The summed E-state index contributed by atoms with van der Waals surface area (Å²) >= 11 is 0. The van der Waals surface area contributed by atoms with Crippen LogP contribution in [0.4, 0.5) is 4.79 Å². The molecule has 0 spiro atoms. The predicted octanol–water partition coefficient (Wildman–Crippen LogP) is 6.92. The van der Waals surface area contributed by atoms with E-state index in [1.807, 2.05) is 0 Å². The third kappa shape index (κ3) is 19.8. The van der Waals surface area contributed by atoms with Gasteiger partial charge in [-0.3, -0.25) is 0 Å². The molecular formula is C24H47NO4. The monoisotopic (exact) mass is 413 g/mol. The van der Waals surface area contributed by atoms with Gasteiger partial charge in [-0.05, 0) is 34.1 Å². The second kappa shape index (κ2) is 17.6. The van der Waals surface area contributed by atoms with E-state index in [4.69, 9.17) is 9.47 Å². The normalized spacial score (nSPS) is 12.4. The summed E-state index contributed by atoms with van der Waals surface area (Å²) in [4.78, 5) is 23.5. The average Bonchev–Trinajstić information content (AvgIpc) is 2.63. The van der Waals surface area contributed by atoms with Gasteiger partial charge in [0, 0.05) is 0 Å². The molecule has 0 aromatic heterocycles. The topological polar surface area (TPSA) is 64.6 Å². The first-order chi connectivity index (χ1) is 13.8. The van der Waals surface area contributed by atoms with E-state index in [0.29, 0.717) is 6.61 Å². The molecule has 1 amide bonds. The number of carbonyl (C=O) groups excluding carboxylic acids is 2. The Kier molecular flexibility index (Phi) is 16.8. The van der Waals surface area contributed by atoms with Crippen LogP contribution in [0.15, 0.2) is 0 Å². The van der Waals surface area contributed by atoms with E-state index in [2.05, 4.69) is 12.2 Å². The molecule has 0 aliphatic rings. The lowest BCUT2D eigenvalue weighted by atomic mass is 10.0. The average molecular weight is 414 g/mol. The van der Waals surface area contributed by atoms with Crippen molar-refractivity contribution in [1.29, 1.82) is 0 Å². The number of unbranched alkanes of at least 4 members (excludes halogenated alkanes) is 13. The summed E-state index contributed by atoms with van der Waals surface area (Å²) in [7, 11) is 0. The second-order valence-corrected chi connectivity index (χ2v) is 9.13. The predicted molar refractivity (Wildman–Crippen MR) is 120 cm³/mol. The molecule has 0 aromatic rings. The lowest BCUT2D eigenvalue weighted by molar-refractivity contribution is -0.145. The van der Waals surface area contributed by atoms with Crippen LogP contribution >= 0.6 is 0 Å². The second-order valence-electron chi connectivity index (χ2n) is 9.13. The number of rotatable bonds is 17. The van der Waals surface area contributed by atoms with Crippen molar-refractivity contribution in [2.24, 2.45) is 0 Å². The van der Waals surface area contributed by atoms with Crippen LogP contribution in [0.1, 0.15) is 125 Å². The number of hydrogen-bond acceptors (Lipinski definition) is 4. The minimum atomic E-state index is -0.698. The van der Waals surface area contributed by atoms with E-state index in [-0.39, 0.29) is 0 Å². The number of hydrogen-bond donors (Lipinski definition) is 1. The van der Waals surface area contributed by atoms with Crippen LogP contribution in [0.25, 0.3) is 0 Å². The Morgan fingerprint density at radius 3 is 1.59 bits per heavy atom. The Labute approximate surface area is 179 Å². The third-order valence-electron chi connectivity index (χ3n) is 4.83. The quantitative estimate of drug-likeness (QED) is 0.207. The highest BCUT2D eigenvalue weighted by molar-refractivity contribution is 5.80. The van der Waals surface area contributed by atoms with Gasteiger partial charge < -0.3 is 14.8 Å². The summed E-state index contributed by atoms with van der Waals surface area (Å²) in [6.07, 6.45) is 17.6. The van der Waals surface area contributed by atoms with Crippen molar-refractivity contribution < 1.29 is 19.1 Å². The van der Waals surface area contributed by atoms with Crippen LogP contribution in [0.2, 0.25) is 0 Å². The van der Waals surface area contributed by atoms with Gasteiger partial charge in [-0.25, -0.2) is 9.59 Å². The summed E-state index contributed by atoms with van der Waals surface area (Å²) in [6.45, 7) is 9.63. The van der Waals surface area contributed by atoms with Crippen LogP contribution in [-0.2, 0) is 14.3 Å². The van der Waals surface area contributed by atoms with Crippen LogP contribution in [0.5, 0.6) is 0 Å². The van der Waals surface area contributed by atoms with Crippen molar-refractivity contribution in [3.05, 3.63) is 0 Å². The maximum absolute atomic E-state index is 11.9. The van der Waals surface area contributed by atoms with E-state index < -0.39 is 23.7 Å². The fraction of sp³-hybridized carbons (Fsp3) is 0.917. The van der Waals surface area contributed by atoms with Gasteiger partial charge in [-0.1, -0.05) is 90.4 Å². The fourth-order valence-electron chi connectivity index (χ4n) is 3.14. The minimum Gasteiger partial charge on any atom is -0.464 e. The summed E-state index contributed by atoms with van der Waals surface area (Å²) < 4.78 is 10.4. The van der Waals surface area contributed by atoms with Gasteiger partial charge in [0.2, 0.25) is 0 Å². The Hall–Kier alpha value is -1.26. The van der Waals surface area contributed by atoms with Crippen LogP contribution in [0, 0.1) is 0 Å². The van der Waals surface area contributed by atoms with Crippen molar-refractivity contribution in [1.82, 2.24) is 5.32 Å². The van der Waals surface area contributed by atoms with Gasteiger partial charge in [0.05, 0.1) is 6.61 Å². The first-order valence-corrected chi connectivity index (χ1v) is 11.9. The van der Waals surface area contributed by atoms with Gasteiger partial charge in [-0.2, -0.15) is 0 Å². The van der Waals surface area contributed by atoms with Gasteiger partial charge in [0.1, 0.15) is 11.6 Å². The third-order valence-corrected chi connectivity index (χ3v) is 4.83. The SMILES string of the molecule is CCCCCCCCCCCCCCCCOC(=O)[C@H](C)NC(=O)OC(C)(C)C. The minimum absolute atomic E-state index is 0.412. The molecule has 5 heteroatoms. The smallest absolute Gasteiger partial charge is 0.408 e. The molecule has 0 saturated carbocycles. The van der Waals surface area contributed by atoms with Gasteiger partial charge >= 0.3 is 12.1 Å². The van der Waals surface area contributed by atoms with Gasteiger partial charge in [-0.15, -0.1) is 0 Å². The van der Waals surface area contributed by atoms with Crippen LogP contribution in [0.3, 0.4) is 0 Å². The summed E-state index contributed by atoms with van der Waals surface area (Å²) in [5, 5.41) is 2.50. The Morgan fingerprint density at radius 2 is 1.17 bits per heavy atom. The Bertz CT molecular complexity index is 418. The molecule has 5 nitrogen and oxygen atoms in total. The van der Waals surface area contributed by atoms with Crippen LogP contribution in [-0.4, -0.2) is 30.3 Å². The molecule has 1 atom stereocenters. The number of nitrogens with one attached hydrogen (secondary N) is 1. The number of carbonyl (C=O) groups is 2. The molecule has 0 heterocycles. The van der Waals surface area contributed by atoms with E-state index in [1.54, 1.807) is 27.7 Å². The summed E-state index contributed by atoms with van der Waals surface area (Å²) in [6, 6.07) is -0.698. The molecule has 0 radical (unpaired) electrons. The molecule has 0 bridgehead atoms. The Balaban J connectivity index is 3.43. The molecule has 0 saturated heterocycles. The summed E-state index contributed by atoms with van der Waals surface area (Å²) in [5.74, 6) is -0.412. The van der Waals surface area contributed by atoms with Crippen LogP contribution < -0.4 is 5.32 Å². The largest absolute Gasteiger partial charge is 0.464 e. The molecular weight excluding hydrogens is 366 g/mol. The highest BCUT2D eigenvalue weighted by atomic mass is 16.6. The van der Waals surface area contributed by atoms with E-state index in [0.717, 1.165) is 12.8 Å². The molecule has 0 aromatic carbocycles. The lowest BCUT2D eigenvalue weighted by Crippen LogP contribution is -2.42. The summed E-state index contributed by atoms with van der Waals surface area (Å²) in [5.41, 5.74) is -0.581. The molecule has 0 fully saturated rings. The number of esters is 1. The number of amides is 1. The van der Waals surface area contributed by atoms with Gasteiger partial charge in [0.15, 0.2) is 0 Å². The maximum atomic E-state index is 11.9.